The zero-order valence-corrected chi connectivity index (χ0v) is 20.9. The van der Waals surface area contributed by atoms with Gasteiger partial charge in [0, 0.05) is 17.4 Å². The van der Waals surface area contributed by atoms with Crippen LogP contribution in [0.2, 0.25) is 0 Å². The summed E-state index contributed by atoms with van der Waals surface area (Å²) in [6, 6.07) is 1.54. The molecule has 1 aromatic rings. The van der Waals surface area contributed by atoms with E-state index in [1.165, 1.54) is 31.9 Å². The van der Waals surface area contributed by atoms with Gasteiger partial charge in [-0.1, -0.05) is 20.8 Å². The summed E-state index contributed by atoms with van der Waals surface area (Å²) >= 11 is 0. The average Bonchev–Trinajstić information content (AvgIpc) is 3.56. The minimum absolute atomic E-state index is 0.113. The second-order valence-corrected chi connectivity index (χ2v) is 12.2. The highest BCUT2D eigenvalue weighted by Crippen LogP contribution is 2.53. The molecule has 5 nitrogen and oxygen atoms in total. The van der Waals surface area contributed by atoms with Crippen molar-refractivity contribution in [1.82, 2.24) is 4.90 Å². The lowest BCUT2D eigenvalue weighted by Gasteiger charge is -2.49. The van der Waals surface area contributed by atoms with Crippen LogP contribution in [0, 0.1) is 34.9 Å². The number of ether oxygens (including phenoxy) is 1. The maximum atomic E-state index is 15.3. The van der Waals surface area contributed by atoms with Crippen LogP contribution < -0.4 is 4.74 Å². The Morgan fingerprint density at radius 1 is 1.11 bits per heavy atom. The summed E-state index contributed by atoms with van der Waals surface area (Å²) in [5, 5.41) is 9.56. The highest BCUT2D eigenvalue weighted by Gasteiger charge is 2.47. The molecule has 0 aromatic heterocycles. The normalized spacial score (nSPS) is 36.8. The smallest absolute Gasteiger partial charge is 0.326 e. The number of likely N-dealkylation sites (tertiary alicyclic amines) is 1. The van der Waals surface area contributed by atoms with Crippen LogP contribution in [0.3, 0.4) is 0 Å². The fourth-order valence-corrected chi connectivity index (χ4v) is 7.56. The average molecular weight is 490 g/mol. The number of halogens is 2. The standard InChI is InChI=1S/C28H37F2NO4/c1-15-6-18-7-16(2)11-28(10-15,12-18)14-35-24-9-22(29)21(8-20(24)19-4-5-19)26(32)31-13-23(30)17(3)25(31)27(33)34/h8-9,15-19,23,25H,4-7,10-14H2,1-3H3,(H,33,34)/t15?,16?,17-,18?,23-,25+,28?/m1/s1. The van der Waals surface area contributed by atoms with E-state index in [9.17, 15) is 19.1 Å². The molecule has 3 aliphatic carbocycles. The van der Waals surface area contributed by atoms with E-state index in [2.05, 4.69) is 13.8 Å². The van der Waals surface area contributed by atoms with Gasteiger partial charge < -0.3 is 14.7 Å². The van der Waals surface area contributed by atoms with Gasteiger partial charge in [-0.3, -0.25) is 4.79 Å². The minimum atomic E-state index is -1.45. The number of nitrogens with zero attached hydrogens (tertiary/aromatic N) is 1. The number of benzene rings is 1. The van der Waals surface area contributed by atoms with Crippen LogP contribution in [-0.4, -0.2) is 47.2 Å². The van der Waals surface area contributed by atoms with Gasteiger partial charge in [-0.15, -0.1) is 0 Å². The molecule has 0 spiro atoms. The molecule has 0 radical (unpaired) electrons. The number of aliphatic carboxylic acids is 1. The Labute approximate surface area is 206 Å². The number of carbonyl (C=O) groups excluding carboxylic acids is 1. The molecule has 1 aliphatic heterocycles. The first-order valence-electron chi connectivity index (χ1n) is 13.2. The maximum absolute atomic E-state index is 15.3. The van der Waals surface area contributed by atoms with Gasteiger partial charge in [-0.2, -0.15) is 0 Å². The molecule has 5 rings (SSSR count). The third-order valence-electron chi connectivity index (χ3n) is 8.93. The van der Waals surface area contributed by atoms with E-state index in [4.69, 9.17) is 4.74 Å². The molecule has 4 aliphatic rings. The second-order valence-electron chi connectivity index (χ2n) is 12.2. The van der Waals surface area contributed by atoms with Crippen molar-refractivity contribution in [1.29, 1.82) is 0 Å². The minimum Gasteiger partial charge on any atom is -0.493 e. The molecular weight excluding hydrogens is 452 g/mol. The fraction of sp³-hybridized carbons (Fsp3) is 0.714. The molecule has 3 saturated carbocycles. The Morgan fingerprint density at radius 3 is 2.37 bits per heavy atom. The lowest BCUT2D eigenvalue weighted by atomic mass is 9.57. The quantitative estimate of drug-likeness (QED) is 0.547. The zero-order chi connectivity index (χ0) is 25.1. The highest BCUT2D eigenvalue weighted by atomic mass is 19.1. The number of carboxylic acid groups (broad SMARTS) is 1. The molecule has 5 atom stereocenters. The van der Waals surface area contributed by atoms with E-state index < -0.39 is 35.8 Å². The number of alkyl halides is 1. The van der Waals surface area contributed by atoms with Gasteiger partial charge in [0.2, 0.25) is 0 Å². The summed E-state index contributed by atoms with van der Waals surface area (Å²) in [5.74, 6) is -0.857. The number of carbonyl (C=O) groups is 2. The van der Waals surface area contributed by atoms with E-state index in [-0.39, 0.29) is 23.4 Å². The van der Waals surface area contributed by atoms with Crippen LogP contribution in [0.25, 0.3) is 0 Å². The first kappa shape index (κ1) is 24.5. The van der Waals surface area contributed by atoms with Gasteiger partial charge in [0.1, 0.15) is 23.8 Å². The highest BCUT2D eigenvalue weighted by molar-refractivity contribution is 5.97. The Hall–Kier alpha value is -2.18. The van der Waals surface area contributed by atoms with E-state index >= 15 is 4.39 Å². The largest absolute Gasteiger partial charge is 0.493 e. The summed E-state index contributed by atoms with van der Waals surface area (Å²) in [6.45, 7) is 6.32. The summed E-state index contributed by atoms with van der Waals surface area (Å²) in [5.41, 5.74) is 0.733. The van der Waals surface area contributed by atoms with Gasteiger partial charge in [0.15, 0.2) is 0 Å². The van der Waals surface area contributed by atoms with Crippen molar-refractivity contribution >= 4 is 11.9 Å². The SMILES string of the molecule is CC1CC2CC(C)CC(COc3cc(F)c(C(=O)N4C[C@@H](F)[C@@H](C)[C@H]4C(=O)O)cc3C3CC3)(C1)C2. The van der Waals surface area contributed by atoms with Crippen LogP contribution in [0.5, 0.6) is 5.75 Å². The molecule has 1 aromatic carbocycles. The molecule has 1 N–H and O–H groups in total. The van der Waals surface area contributed by atoms with Crippen molar-refractivity contribution in [2.45, 2.75) is 83.8 Å². The number of hydrogen-bond acceptors (Lipinski definition) is 3. The van der Waals surface area contributed by atoms with E-state index in [0.717, 1.165) is 48.5 Å². The van der Waals surface area contributed by atoms with E-state index in [1.807, 2.05) is 0 Å². The molecule has 2 unspecified atom stereocenters. The van der Waals surface area contributed by atoms with Crippen molar-refractivity contribution in [3.63, 3.8) is 0 Å². The Kier molecular flexibility index (Phi) is 6.33. The Morgan fingerprint density at radius 2 is 1.77 bits per heavy atom. The van der Waals surface area contributed by atoms with Crippen molar-refractivity contribution in [3.8, 4) is 5.75 Å². The van der Waals surface area contributed by atoms with Crippen molar-refractivity contribution in [3.05, 3.63) is 29.1 Å². The number of carboxylic acids is 1. The van der Waals surface area contributed by atoms with Gasteiger partial charge >= 0.3 is 5.97 Å². The molecule has 1 heterocycles. The lowest BCUT2D eigenvalue weighted by Crippen LogP contribution is -2.43. The summed E-state index contributed by atoms with van der Waals surface area (Å²) in [6.07, 6.45) is 6.40. The summed E-state index contributed by atoms with van der Waals surface area (Å²) in [7, 11) is 0. The van der Waals surface area contributed by atoms with Crippen molar-refractivity contribution in [2.24, 2.45) is 29.1 Å². The fourth-order valence-electron chi connectivity index (χ4n) is 7.56. The third kappa shape index (κ3) is 4.67. The lowest BCUT2D eigenvalue weighted by molar-refractivity contribution is -0.142. The summed E-state index contributed by atoms with van der Waals surface area (Å²) in [4.78, 5) is 25.9. The second kappa shape index (κ2) is 9.04. The van der Waals surface area contributed by atoms with Crippen LogP contribution in [0.4, 0.5) is 8.78 Å². The van der Waals surface area contributed by atoms with Crippen molar-refractivity contribution < 1.29 is 28.2 Å². The predicted molar refractivity (Wildman–Crippen MR) is 128 cm³/mol. The van der Waals surface area contributed by atoms with Crippen molar-refractivity contribution in [2.75, 3.05) is 13.2 Å². The topological polar surface area (TPSA) is 66.8 Å². The van der Waals surface area contributed by atoms with Crippen LogP contribution >= 0.6 is 0 Å². The number of rotatable bonds is 6. The van der Waals surface area contributed by atoms with E-state index in [0.29, 0.717) is 24.2 Å². The predicted octanol–water partition coefficient (Wildman–Crippen LogP) is 5.82. The van der Waals surface area contributed by atoms with Gasteiger partial charge in [-0.25, -0.2) is 13.6 Å². The maximum Gasteiger partial charge on any atom is 0.326 e. The number of hydrogen-bond donors (Lipinski definition) is 1. The Bertz CT molecular complexity index is 989. The number of fused-ring (bicyclic) bond motifs is 2. The molecule has 1 saturated heterocycles. The molecule has 4 fully saturated rings. The first-order chi connectivity index (χ1) is 16.6. The molecule has 1 amide bonds. The first-order valence-corrected chi connectivity index (χ1v) is 13.2. The van der Waals surface area contributed by atoms with Gasteiger partial charge in [0.25, 0.3) is 5.91 Å². The monoisotopic (exact) mass is 489 g/mol. The molecular formula is C28H37F2NO4. The van der Waals surface area contributed by atoms with Crippen LogP contribution in [-0.2, 0) is 4.79 Å². The molecule has 7 heteroatoms. The zero-order valence-electron chi connectivity index (χ0n) is 20.9. The summed E-state index contributed by atoms with van der Waals surface area (Å²) < 4.78 is 36.0. The molecule has 35 heavy (non-hydrogen) atoms. The van der Waals surface area contributed by atoms with Crippen LogP contribution in [0.15, 0.2) is 12.1 Å². The van der Waals surface area contributed by atoms with E-state index in [1.54, 1.807) is 0 Å². The van der Waals surface area contributed by atoms with Gasteiger partial charge in [0.05, 0.1) is 18.7 Å². The third-order valence-corrected chi connectivity index (χ3v) is 8.93. The van der Waals surface area contributed by atoms with Gasteiger partial charge in [-0.05, 0) is 80.2 Å². The number of amides is 1. The molecule has 2 bridgehead atoms. The van der Waals surface area contributed by atoms with Crippen LogP contribution in [0.1, 0.15) is 87.6 Å². The Balaban J connectivity index is 1.40. The molecule has 192 valence electrons.